The zero-order valence-electron chi connectivity index (χ0n) is 11.2. The second-order valence-electron chi connectivity index (χ2n) is 4.68. The van der Waals surface area contributed by atoms with E-state index < -0.39 is 0 Å². The normalized spacial score (nSPS) is 10.6. The van der Waals surface area contributed by atoms with E-state index in [4.69, 9.17) is 5.73 Å². The first-order valence-corrected chi connectivity index (χ1v) is 6.31. The Morgan fingerprint density at radius 1 is 1.11 bits per heavy atom. The summed E-state index contributed by atoms with van der Waals surface area (Å²) in [6.07, 6.45) is 1.99. The summed E-state index contributed by atoms with van der Waals surface area (Å²) < 4.78 is 0. The van der Waals surface area contributed by atoms with Crippen molar-refractivity contribution in [3.63, 3.8) is 0 Å². The van der Waals surface area contributed by atoms with Crippen LogP contribution in [0.4, 0.5) is 5.82 Å². The highest BCUT2D eigenvalue weighted by Gasteiger charge is 2.08. The molecule has 1 aromatic heterocycles. The van der Waals surface area contributed by atoms with Crippen LogP contribution >= 0.6 is 0 Å². The number of aryl methyl sites for hydroxylation is 3. The number of nitrogens with two attached hydrogens (primary N) is 1. The molecule has 2 aromatic rings. The Bertz CT molecular complexity index is 562. The van der Waals surface area contributed by atoms with Crippen LogP contribution in [0.3, 0.4) is 0 Å². The van der Waals surface area contributed by atoms with E-state index in [1.807, 2.05) is 6.07 Å². The molecule has 0 amide bonds. The summed E-state index contributed by atoms with van der Waals surface area (Å²) in [5.74, 6) is 1.28. The van der Waals surface area contributed by atoms with Gasteiger partial charge in [-0.1, -0.05) is 31.0 Å². The van der Waals surface area contributed by atoms with Crippen LogP contribution in [-0.4, -0.2) is 9.97 Å². The first kappa shape index (κ1) is 12.6. The standard InChI is InChI=1S/C15H19N3/c1-4-5-12-9-14(16)18-15(17-12)13-8-10(2)6-7-11(13)3/h6-9H,4-5H2,1-3H3,(H2,16,17,18). The second-order valence-corrected chi connectivity index (χ2v) is 4.68. The van der Waals surface area contributed by atoms with Gasteiger partial charge in [0.1, 0.15) is 5.82 Å². The van der Waals surface area contributed by atoms with E-state index in [1.54, 1.807) is 0 Å². The van der Waals surface area contributed by atoms with Gasteiger partial charge in [-0.25, -0.2) is 9.97 Å². The van der Waals surface area contributed by atoms with Gasteiger partial charge >= 0.3 is 0 Å². The van der Waals surface area contributed by atoms with Crippen LogP contribution in [0.25, 0.3) is 11.4 Å². The van der Waals surface area contributed by atoms with E-state index in [-0.39, 0.29) is 0 Å². The predicted molar refractivity (Wildman–Crippen MR) is 75.3 cm³/mol. The molecule has 18 heavy (non-hydrogen) atoms. The maximum atomic E-state index is 5.86. The van der Waals surface area contributed by atoms with E-state index in [0.29, 0.717) is 5.82 Å². The molecular formula is C15H19N3. The molecule has 0 saturated carbocycles. The summed E-state index contributed by atoms with van der Waals surface area (Å²) in [6, 6.07) is 8.16. The summed E-state index contributed by atoms with van der Waals surface area (Å²) in [5, 5.41) is 0. The summed E-state index contributed by atoms with van der Waals surface area (Å²) in [7, 11) is 0. The largest absolute Gasteiger partial charge is 0.384 e. The smallest absolute Gasteiger partial charge is 0.162 e. The highest BCUT2D eigenvalue weighted by atomic mass is 14.9. The van der Waals surface area contributed by atoms with Crippen LogP contribution < -0.4 is 5.73 Å². The van der Waals surface area contributed by atoms with Crippen LogP contribution in [0.1, 0.15) is 30.2 Å². The van der Waals surface area contributed by atoms with Gasteiger partial charge in [0.05, 0.1) is 0 Å². The molecule has 3 heteroatoms. The van der Waals surface area contributed by atoms with Crippen molar-refractivity contribution in [1.29, 1.82) is 0 Å². The van der Waals surface area contributed by atoms with Gasteiger partial charge in [-0.05, 0) is 31.9 Å². The summed E-state index contributed by atoms with van der Waals surface area (Å²) in [4.78, 5) is 8.96. The Morgan fingerprint density at radius 3 is 2.61 bits per heavy atom. The third kappa shape index (κ3) is 2.67. The zero-order chi connectivity index (χ0) is 13.1. The van der Waals surface area contributed by atoms with Gasteiger partial charge in [0, 0.05) is 17.3 Å². The minimum absolute atomic E-state index is 0.546. The number of hydrogen-bond donors (Lipinski definition) is 1. The SMILES string of the molecule is CCCc1cc(N)nc(-c2cc(C)ccc2C)n1. The fourth-order valence-electron chi connectivity index (χ4n) is 2.00. The van der Waals surface area contributed by atoms with E-state index in [2.05, 4.69) is 48.9 Å². The number of nitrogen functional groups attached to an aromatic ring is 1. The van der Waals surface area contributed by atoms with Crippen LogP contribution in [0.15, 0.2) is 24.3 Å². The number of nitrogens with zero attached hydrogens (tertiary/aromatic N) is 2. The molecule has 0 spiro atoms. The molecule has 0 aliphatic carbocycles. The third-order valence-corrected chi connectivity index (χ3v) is 2.94. The monoisotopic (exact) mass is 241 g/mol. The molecule has 0 unspecified atom stereocenters. The first-order chi connectivity index (χ1) is 8.60. The number of aromatic nitrogens is 2. The molecule has 0 atom stereocenters. The third-order valence-electron chi connectivity index (χ3n) is 2.94. The molecule has 0 aliphatic heterocycles. The lowest BCUT2D eigenvalue weighted by atomic mass is 10.0. The van der Waals surface area contributed by atoms with Crippen molar-refractivity contribution in [3.05, 3.63) is 41.1 Å². The van der Waals surface area contributed by atoms with Crippen molar-refractivity contribution in [1.82, 2.24) is 9.97 Å². The van der Waals surface area contributed by atoms with Gasteiger partial charge in [-0.3, -0.25) is 0 Å². The van der Waals surface area contributed by atoms with Crippen LogP contribution in [-0.2, 0) is 6.42 Å². The Balaban J connectivity index is 2.52. The lowest BCUT2D eigenvalue weighted by Crippen LogP contribution is -2.01. The highest BCUT2D eigenvalue weighted by molar-refractivity contribution is 5.62. The Labute approximate surface area is 108 Å². The van der Waals surface area contributed by atoms with Crippen LogP contribution in [0, 0.1) is 13.8 Å². The number of benzene rings is 1. The van der Waals surface area contributed by atoms with E-state index in [1.165, 1.54) is 11.1 Å². The van der Waals surface area contributed by atoms with Gasteiger partial charge in [0.25, 0.3) is 0 Å². The van der Waals surface area contributed by atoms with Crippen LogP contribution in [0.2, 0.25) is 0 Å². The fourth-order valence-corrected chi connectivity index (χ4v) is 2.00. The van der Waals surface area contributed by atoms with Gasteiger partial charge in [-0.2, -0.15) is 0 Å². The zero-order valence-corrected chi connectivity index (χ0v) is 11.2. The molecule has 0 saturated heterocycles. The van der Waals surface area contributed by atoms with Gasteiger partial charge in [0.2, 0.25) is 0 Å². The topological polar surface area (TPSA) is 51.8 Å². The van der Waals surface area contributed by atoms with E-state index in [0.717, 1.165) is 29.9 Å². The maximum absolute atomic E-state index is 5.86. The molecule has 0 fully saturated rings. The quantitative estimate of drug-likeness (QED) is 0.897. The lowest BCUT2D eigenvalue weighted by Gasteiger charge is -2.08. The molecule has 94 valence electrons. The van der Waals surface area contributed by atoms with Crippen molar-refractivity contribution in [2.75, 3.05) is 5.73 Å². The van der Waals surface area contributed by atoms with Gasteiger partial charge in [0.15, 0.2) is 5.82 Å². The number of rotatable bonds is 3. The molecule has 3 nitrogen and oxygen atoms in total. The highest BCUT2D eigenvalue weighted by Crippen LogP contribution is 2.22. The maximum Gasteiger partial charge on any atom is 0.162 e. The Hall–Kier alpha value is -1.90. The van der Waals surface area contributed by atoms with E-state index in [9.17, 15) is 0 Å². The van der Waals surface area contributed by atoms with Crippen molar-refractivity contribution in [2.24, 2.45) is 0 Å². The molecule has 0 radical (unpaired) electrons. The van der Waals surface area contributed by atoms with E-state index >= 15 is 0 Å². The first-order valence-electron chi connectivity index (χ1n) is 6.31. The molecular weight excluding hydrogens is 222 g/mol. The molecule has 0 aliphatic rings. The number of hydrogen-bond acceptors (Lipinski definition) is 3. The minimum atomic E-state index is 0.546. The minimum Gasteiger partial charge on any atom is -0.384 e. The number of anilines is 1. The molecule has 0 bridgehead atoms. The summed E-state index contributed by atoms with van der Waals surface area (Å²) in [6.45, 7) is 6.28. The van der Waals surface area contributed by atoms with Gasteiger partial charge in [-0.15, -0.1) is 0 Å². The fraction of sp³-hybridized carbons (Fsp3) is 0.333. The molecule has 1 aromatic carbocycles. The summed E-state index contributed by atoms with van der Waals surface area (Å²) in [5.41, 5.74) is 10.3. The average Bonchev–Trinajstić information content (AvgIpc) is 2.32. The molecule has 2 rings (SSSR count). The van der Waals surface area contributed by atoms with Crippen LogP contribution in [0.5, 0.6) is 0 Å². The molecule has 2 N–H and O–H groups in total. The Morgan fingerprint density at radius 2 is 1.89 bits per heavy atom. The Kier molecular flexibility index (Phi) is 3.60. The van der Waals surface area contributed by atoms with Crippen molar-refractivity contribution in [2.45, 2.75) is 33.6 Å². The van der Waals surface area contributed by atoms with Crippen molar-refractivity contribution >= 4 is 5.82 Å². The van der Waals surface area contributed by atoms with Crippen molar-refractivity contribution in [3.8, 4) is 11.4 Å². The molecule has 1 heterocycles. The lowest BCUT2D eigenvalue weighted by molar-refractivity contribution is 0.876. The second kappa shape index (κ2) is 5.17. The van der Waals surface area contributed by atoms with Gasteiger partial charge < -0.3 is 5.73 Å². The average molecular weight is 241 g/mol. The van der Waals surface area contributed by atoms with Crippen molar-refractivity contribution < 1.29 is 0 Å². The predicted octanol–water partition coefficient (Wildman–Crippen LogP) is 3.30. The summed E-state index contributed by atoms with van der Waals surface area (Å²) >= 11 is 0.